The molecule has 1 aliphatic carbocycles. The minimum Gasteiger partial charge on any atom is -0.294 e. The van der Waals surface area contributed by atoms with Crippen molar-refractivity contribution in [2.45, 2.75) is 12.8 Å². The third-order valence-electron chi connectivity index (χ3n) is 2.92. The highest BCUT2D eigenvalue weighted by Crippen LogP contribution is 2.31. The van der Waals surface area contributed by atoms with Gasteiger partial charge in [-0.05, 0) is 17.5 Å². The molecule has 0 N–H and O–H groups in total. The fourth-order valence-electron chi connectivity index (χ4n) is 2.19. The number of hydrogen-bond donors (Lipinski definition) is 0. The van der Waals surface area contributed by atoms with E-state index in [0.29, 0.717) is 6.42 Å². The average Bonchev–Trinajstić information content (AvgIpc) is 2.73. The van der Waals surface area contributed by atoms with Gasteiger partial charge in [-0.25, -0.2) is 9.97 Å². The molecule has 3 rings (SSSR count). The monoisotopic (exact) mass is 210 g/mol. The van der Waals surface area contributed by atoms with Gasteiger partial charge in [-0.15, -0.1) is 0 Å². The standard InChI is InChI=1S/C13H10N2O/c16-12-5-4-9-2-1-3-11(13(9)12)10-6-14-8-15-7-10/h1-3,6-8H,4-5H2. The molecule has 1 aromatic heterocycles. The molecule has 0 atom stereocenters. The maximum atomic E-state index is 11.8. The topological polar surface area (TPSA) is 42.9 Å². The summed E-state index contributed by atoms with van der Waals surface area (Å²) in [7, 11) is 0. The number of aromatic nitrogens is 2. The molecule has 0 spiro atoms. The van der Waals surface area contributed by atoms with Gasteiger partial charge in [0, 0.05) is 29.9 Å². The van der Waals surface area contributed by atoms with E-state index in [1.807, 2.05) is 18.2 Å². The van der Waals surface area contributed by atoms with Gasteiger partial charge in [-0.1, -0.05) is 18.2 Å². The normalized spacial score (nSPS) is 13.9. The van der Waals surface area contributed by atoms with E-state index in [0.717, 1.165) is 28.7 Å². The Morgan fingerprint density at radius 2 is 1.88 bits per heavy atom. The fourth-order valence-corrected chi connectivity index (χ4v) is 2.19. The number of rotatable bonds is 1. The number of Topliss-reactive ketones (excluding diaryl/α,β-unsaturated/α-hetero) is 1. The quantitative estimate of drug-likeness (QED) is 0.725. The van der Waals surface area contributed by atoms with Crippen LogP contribution < -0.4 is 0 Å². The number of fused-ring (bicyclic) bond motifs is 1. The van der Waals surface area contributed by atoms with E-state index in [9.17, 15) is 4.79 Å². The van der Waals surface area contributed by atoms with Gasteiger partial charge in [0.1, 0.15) is 6.33 Å². The fraction of sp³-hybridized carbons (Fsp3) is 0.154. The predicted molar refractivity (Wildman–Crippen MR) is 60.1 cm³/mol. The van der Waals surface area contributed by atoms with Gasteiger partial charge in [0.15, 0.2) is 5.78 Å². The van der Waals surface area contributed by atoms with Crippen LogP contribution in [0.15, 0.2) is 36.9 Å². The summed E-state index contributed by atoms with van der Waals surface area (Å²) in [5.41, 5.74) is 3.87. The third kappa shape index (κ3) is 1.33. The molecule has 16 heavy (non-hydrogen) atoms. The molecule has 0 bridgehead atoms. The second kappa shape index (κ2) is 3.52. The van der Waals surface area contributed by atoms with Crippen molar-refractivity contribution in [1.29, 1.82) is 0 Å². The Labute approximate surface area is 93.2 Å². The summed E-state index contributed by atoms with van der Waals surface area (Å²) in [4.78, 5) is 19.8. The SMILES string of the molecule is O=C1CCc2cccc(-c3cncnc3)c21. The molecule has 0 saturated heterocycles. The van der Waals surface area contributed by atoms with Crippen LogP contribution in [0.2, 0.25) is 0 Å². The van der Waals surface area contributed by atoms with Crippen LogP contribution in [0.25, 0.3) is 11.1 Å². The largest absolute Gasteiger partial charge is 0.294 e. The van der Waals surface area contributed by atoms with Crippen molar-refractivity contribution < 1.29 is 4.79 Å². The summed E-state index contributed by atoms with van der Waals surface area (Å²) >= 11 is 0. The molecular weight excluding hydrogens is 200 g/mol. The van der Waals surface area contributed by atoms with Gasteiger partial charge in [-0.3, -0.25) is 4.79 Å². The molecule has 1 aromatic carbocycles. The van der Waals surface area contributed by atoms with E-state index < -0.39 is 0 Å². The first-order valence-electron chi connectivity index (χ1n) is 5.27. The third-order valence-corrected chi connectivity index (χ3v) is 2.92. The maximum absolute atomic E-state index is 11.8. The average molecular weight is 210 g/mol. The first-order valence-corrected chi connectivity index (χ1v) is 5.27. The van der Waals surface area contributed by atoms with Crippen LogP contribution in [0.4, 0.5) is 0 Å². The van der Waals surface area contributed by atoms with E-state index in [4.69, 9.17) is 0 Å². The molecule has 1 aliphatic rings. The van der Waals surface area contributed by atoms with Gasteiger partial charge in [0.25, 0.3) is 0 Å². The van der Waals surface area contributed by atoms with Crippen molar-refractivity contribution in [2.75, 3.05) is 0 Å². The zero-order valence-corrected chi connectivity index (χ0v) is 8.68. The molecule has 2 aromatic rings. The molecular formula is C13H10N2O. The number of carbonyl (C=O) groups excluding carboxylic acids is 1. The van der Waals surface area contributed by atoms with Gasteiger partial charge in [0.05, 0.1) is 0 Å². The van der Waals surface area contributed by atoms with Crippen LogP contribution in [-0.2, 0) is 6.42 Å². The summed E-state index contributed by atoms with van der Waals surface area (Å²) in [5.74, 6) is 0.231. The van der Waals surface area contributed by atoms with Crippen LogP contribution in [-0.4, -0.2) is 15.8 Å². The number of carbonyl (C=O) groups is 1. The van der Waals surface area contributed by atoms with Crippen molar-refractivity contribution in [3.05, 3.63) is 48.0 Å². The highest BCUT2D eigenvalue weighted by Gasteiger charge is 2.22. The second-order valence-electron chi connectivity index (χ2n) is 3.89. The smallest absolute Gasteiger partial charge is 0.164 e. The lowest BCUT2D eigenvalue weighted by molar-refractivity contribution is 0.0995. The Bertz CT molecular complexity index is 549. The van der Waals surface area contributed by atoms with E-state index in [1.54, 1.807) is 12.4 Å². The summed E-state index contributed by atoms with van der Waals surface area (Å²) in [6.07, 6.45) is 6.46. The van der Waals surface area contributed by atoms with Crippen LogP contribution in [0, 0.1) is 0 Å². The first-order chi connectivity index (χ1) is 7.86. The molecule has 0 amide bonds. The minimum atomic E-state index is 0.231. The van der Waals surface area contributed by atoms with Gasteiger partial charge in [-0.2, -0.15) is 0 Å². The van der Waals surface area contributed by atoms with E-state index in [1.165, 1.54) is 6.33 Å². The van der Waals surface area contributed by atoms with Gasteiger partial charge < -0.3 is 0 Å². The molecule has 78 valence electrons. The molecule has 0 aliphatic heterocycles. The van der Waals surface area contributed by atoms with Crippen molar-refractivity contribution in [2.24, 2.45) is 0 Å². The Balaban J connectivity index is 2.23. The highest BCUT2D eigenvalue weighted by atomic mass is 16.1. The number of benzene rings is 1. The number of aryl methyl sites for hydroxylation is 1. The second-order valence-corrected chi connectivity index (χ2v) is 3.89. The number of ketones is 1. The number of hydrogen-bond acceptors (Lipinski definition) is 3. The minimum absolute atomic E-state index is 0.231. The molecule has 0 radical (unpaired) electrons. The lowest BCUT2D eigenvalue weighted by atomic mass is 9.98. The van der Waals surface area contributed by atoms with Crippen molar-refractivity contribution in [1.82, 2.24) is 9.97 Å². The van der Waals surface area contributed by atoms with E-state index >= 15 is 0 Å². The summed E-state index contributed by atoms with van der Waals surface area (Å²) < 4.78 is 0. The molecule has 3 heteroatoms. The Morgan fingerprint density at radius 1 is 1.06 bits per heavy atom. The maximum Gasteiger partial charge on any atom is 0.164 e. The van der Waals surface area contributed by atoms with E-state index in [-0.39, 0.29) is 5.78 Å². The Kier molecular flexibility index (Phi) is 2.03. The molecule has 0 unspecified atom stereocenters. The van der Waals surface area contributed by atoms with Crippen LogP contribution in [0.1, 0.15) is 22.3 Å². The van der Waals surface area contributed by atoms with Gasteiger partial charge in [0.2, 0.25) is 0 Å². The summed E-state index contributed by atoms with van der Waals surface area (Å²) in [6, 6.07) is 5.97. The van der Waals surface area contributed by atoms with Crippen molar-refractivity contribution >= 4 is 5.78 Å². The molecule has 3 nitrogen and oxygen atoms in total. The zero-order chi connectivity index (χ0) is 11.0. The summed E-state index contributed by atoms with van der Waals surface area (Å²) in [5, 5.41) is 0. The first kappa shape index (κ1) is 9.21. The Morgan fingerprint density at radius 3 is 2.69 bits per heavy atom. The molecule has 0 fully saturated rings. The molecule has 1 heterocycles. The summed E-state index contributed by atoms with van der Waals surface area (Å²) in [6.45, 7) is 0. The highest BCUT2D eigenvalue weighted by molar-refractivity contribution is 6.06. The van der Waals surface area contributed by atoms with Crippen LogP contribution in [0.3, 0.4) is 0 Å². The van der Waals surface area contributed by atoms with Crippen molar-refractivity contribution in [3.63, 3.8) is 0 Å². The zero-order valence-electron chi connectivity index (χ0n) is 8.68. The number of nitrogens with zero attached hydrogens (tertiary/aromatic N) is 2. The van der Waals surface area contributed by atoms with Crippen LogP contribution in [0.5, 0.6) is 0 Å². The molecule has 0 saturated carbocycles. The lowest BCUT2D eigenvalue weighted by Crippen LogP contribution is -1.96. The van der Waals surface area contributed by atoms with Crippen LogP contribution >= 0.6 is 0 Å². The van der Waals surface area contributed by atoms with E-state index in [2.05, 4.69) is 9.97 Å². The lowest BCUT2D eigenvalue weighted by Gasteiger charge is -2.06. The van der Waals surface area contributed by atoms with Crippen molar-refractivity contribution in [3.8, 4) is 11.1 Å². The predicted octanol–water partition coefficient (Wildman–Crippen LogP) is 2.27. The van der Waals surface area contributed by atoms with Gasteiger partial charge >= 0.3 is 0 Å². The Hall–Kier alpha value is -2.03.